The summed E-state index contributed by atoms with van der Waals surface area (Å²) in [5.41, 5.74) is 0.971. The van der Waals surface area contributed by atoms with Crippen LogP contribution in [0, 0.1) is 0 Å². The summed E-state index contributed by atoms with van der Waals surface area (Å²) in [5, 5.41) is 12.1. The van der Waals surface area contributed by atoms with Crippen molar-refractivity contribution in [2.24, 2.45) is 0 Å². The van der Waals surface area contributed by atoms with Gasteiger partial charge in [0.1, 0.15) is 12.7 Å². The first-order chi connectivity index (χ1) is 10.8. The molecule has 116 valence electrons. The molecule has 0 saturated carbocycles. The number of aromatic nitrogens is 6. The fourth-order valence-corrected chi connectivity index (χ4v) is 3.12. The summed E-state index contributed by atoms with van der Waals surface area (Å²) >= 11 is 0. The zero-order chi connectivity index (χ0) is 14.9. The fraction of sp³-hybridized carbons (Fsp3) is 0.615. The summed E-state index contributed by atoms with van der Waals surface area (Å²) in [6.07, 6.45) is 6.19. The number of carbonyl (C=O) groups is 1. The van der Waals surface area contributed by atoms with Gasteiger partial charge in [-0.05, 0) is 6.42 Å². The van der Waals surface area contributed by atoms with E-state index >= 15 is 0 Å². The Morgan fingerprint density at radius 1 is 1.45 bits per heavy atom. The first-order valence-electron chi connectivity index (χ1n) is 7.42. The molecular formula is C13H17N7O2. The second-order valence-electron chi connectivity index (χ2n) is 5.62. The van der Waals surface area contributed by atoms with Crippen molar-refractivity contribution in [2.75, 3.05) is 13.1 Å². The van der Waals surface area contributed by atoms with Crippen LogP contribution in [-0.2, 0) is 22.7 Å². The molecule has 0 radical (unpaired) electrons. The van der Waals surface area contributed by atoms with Crippen LogP contribution >= 0.6 is 0 Å². The summed E-state index contributed by atoms with van der Waals surface area (Å²) in [4.78, 5) is 18.2. The Labute approximate surface area is 126 Å². The smallest absolute Gasteiger partial charge is 0.224 e. The molecule has 9 nitrogen and oxygen atoms in total. The lowest BCUT2D eigenvalue weighted by Gasteiger charge is -2.41. The number of hydrogen-bond donors (Lipinski definition) is 0. The molecule has 4 rings (SSSR count). The minimum Gasteiger partial charge on any atom is -0.370 e. The minimum absolute atomic E-state index is 0.0651. The molecule has 0 aliphatic carbocycles. The van der Waals surface area contributed by atoms with Crippen molar-refractivity contribution < 1.29 is 9.53 Å². The maximum Gasteiger partial charge on any atom is 0.224 e. The number of amides is 1. The van der Waals surface area contributed by atoms with E-state index in [2.05, 4.69) is 20.4 Å². The average Bonchev–Trinajstić information content (AvgIpc) is 3.23. The van der Waals surface area contributed by atoms with Crippen molar-refractivity contribution in [3.8, 4) is 0 Å². The van der Waals surface area contributed by atoms with E-state index in [0.717, 1.165) is 18.7 Å². The van der Waals surface area contributed by atoms with Gasteiger partial charge in [0.05, 0.1) is 37.2 Å². The number of fused-ring (bicyclic) bond motifs is 3. The topological polar surface area (TPSA) is 91.0 Å². The zero-order valence-electron chi connectivity index (χ0n) is 12.1. The average molecular weight is 303 g/mol. The van der Waals surface area contributed by atoms with Crippen LogP contribution in [0.1, 0.15) is 24.6 Å². The van der Waals surface area contributed by atoms with Crippen molar-refractivity contribution in [2.45, 2.75) is 38.1 Å². The van der Waals surface area contributed by atoms with Crippen LogP contribution < -0.4 is 0 Å². The van der Waals surface area contributed by atoms with Crippen LogP contribution in [-0.4, -0.2) is 59.8 Å². The highest BCUT2D eigenvalue weighted by Crippen LogP contribution is 2.30. The highest BCUT2D eigenvalue weighted by atomic mass is 16.5. The highest BCUT2D eigenvalue weighted by Gasteiger charge is 2.37. The highest BCUT2D eigenvalue weighted by molar-refractivity contribution is 5.76. The van der Waals surface area contributed by atoms with E-state index in [1.54, 1.807) is 17.2 Å². The normalized spacial score (nSPS) is 23.9. The molecule has 2 aromatic heterocycles. The summed E-state index contributed by atoms with van der Waals surface area (Å²) in [6.45, 7) is 2.45. The molecule has 2 aliphatic heterocycles. The van der Waals surface area contributed by atoms with Gasteiger partial charge < -0.3 is 9.64 Å². The quantitative estimate of drug-likeness (QED) is 0.768. The molecule has 0 unspecified atom stereocenters. The largest absolute Gasteiger partial charge is 0.370 e. The minimum atomic E-state index is 0.0651. The zero-order valence-corrected chi connectivity index (χ0v) is 12.1. The Bertz CT molecular complexity index is 653. The van der Waals surface area contributed by atoms with Gasteiger partial charge in [-0.15, -0.1) is 5.10 Å². The van der Waals surface area contributed by atoms with E-state index in [-0.39, 0.29) is 18.1 Å². The second kappa shape index (κ2) is 5.48. The van der Waals surface area contributed by atoms with Gasteiger partial charge >= 0.3 is 0 Å². The van der Waals surface area contributed by atoms with Gasteiger partial charge in [-0.3, -0.25) is 9.48 Å². The van der Waals surface area contributed by atoms with Crippen molar-refractivity contribution in [1.82, 2.24) is 34.7 Å². The molecule has 2 aliphatic rings. The number of piperidine rings is 1. The van der Waals surface area contributed by atoms with Gasteiger partial charge in [-0.25, -0.2) is 9.67 Å². The monoisotopic (exact) mass is 303 g/mol. The van der Waals surface area contributed by atoms with E-state index in [1.165, 1.54) is 6.33 Å². The number of ether oxygens (including phenoxy) is 1. The van der Waals surface area contributed by atoms with E-state index in [9.17, 15) is 4.79 Å². The van der Waals surface area contributed by atoms with E-state index < -0.39 is 0 Å². The van der Waals surface area contributed by atoms with Crippen molar-refractivity contribution in [3.63, 3.8) is 0 Å². The Morgan fingerprint density at radius 3 is 3.27 bits per heavy atom. The molecule has 9 heteroatoms. The van der Waals surface area contributed by atoms with Gasteiger partial charge in [0.2, 0.25) is 5.91 Å². The predicted molar refractivity (Wildman–Crippen MR) is 73.5 cm³/mol. The molecule has 0 spiro atoms. The number of rotatable bonds is 3. The third kappa shape index (κ3) is 2.37. The molecule has 0 N–H and O–H groups in total. The van der Waals surface area contributed by atoms with E-state index in [1.807, 2.05) is 9.58 Å². The number of likely N-dealkylation sites (tertiary alicyclic amines) is 1. The van der Waals surface area contributed by atoms with Gasteiger partial charge in [-0.2, -0.15) is 5.10 Å². The summed E-state index contributed by atoms with van der Waals surface area (Å²) in [6, 6.07) is 0.0651. The summed E-state index contributed by atoms with van der Waals surface area (Å²) in [5.74, 6) is 0.126. The van der Waals surface area contributed by atoms with Gasteiger partial charge in [0.15, 0.2) is 0 Å². The van der Waals surface area contributed by atoms with Crippen LogP contribution in [0.5, 0.6) is 0 Å². The van der Waals surface area contributed by atoms with Crippen LogP contribution in [0.15, 0.2) is 18.9 Å². The summed E-state index contributed by atoms with van der Waals surface area (Å²) < 4.78 is 9.43. The molecule has 0 aromatic carbocycles. The molecule has 1 fully saturated rings. The van der Waals surface area contributed by atoms with Crippen molar-refractivity contribution in [1.29, 1.82) is 0 Å². The molecule has 4 heterocycles. The Hall–Kier alpha value is -2.29. The maximum atomic E-state index is 12.4. The number of nitrogens with zero attached hydrogens (tertiary/aromatic N) is 7. The van der Waals surface area contributed by atoms with Crippen LogP contribution in [0.25, 0.3) is 0 Å². The molecule has 0 bridgehead atoms. The molecule has 2 atom stereocenters. The molecule has 1 saturated heterocycles. The molecule has 1 amide bonds. The third-order valence-electron chi connectivity index (χ3n) is 4.30. The third-order valence-corrected chi connectivity index (χ3v) is 4.30. The van der Waals surface area contributed by atoms with Crippen molar-refractivity contribution >= 4 is 5.91 Å². The first-order valence-corrected chi connectivity index (χ1v) is 7.42. The molecule has 2 aromatic rings. The van der Waals surface area contributed by atoms with Crippen molar-refractivity contribution in [3.05, 3.63) is 24.5 Å². The van der Waals surface area contributed by atoms with Gasteiger partial charge in [-0.1, -0.05) is 5.21 Å². The van der Waals surface area contributed by atoms with Gasteiger partial charge in [0, 0.05) is 19.5 Å². The first kappa shape index (κ1) is 13.4. The lowest BCUT2D eigenvalue weighted by molar-refractivity contribution is -0.138. The predicted octanol–water partition coefficient (Wildman–Crippen LogP) is -0.368. The van der Waals surface area contributed by atoms with Gasteiger partial charge in [0.25, 0.3) is 0 Å². The van der Waals surface area contributed by atoms with Crippen LogP contribution in [0.3, 0.4) is 0 Å². The Kier molecular flexibility index (Phi) is 3.34. The Morgan fingerprint density at radius 2 is 2.41 bits per heavy atom. The Balaban J connectivity index is 1.41. The van der Waals surface area contributed by atoms with Crippen LogP contribution in [0.4, 0.5) is 0 Å². The lowest BCUT2D eigenvalue weighted by Crippen LogP contribution is -2.50. The second-order valence-corrected chi connectivity index (χ2v) is 5.62. The summed E-state index contributed by atoms with van der Waals surface area (Å²) in [7, 11) is 0. The number of aryl methyl sites for hydroxylation is 1. The fourth-order valence-electron chi connectivity index (χ4n) is 3.12. The molecular weight excluding hydrogens is 286 g/mol. The van der Waals surface area contributed by atoms with E-state index in [0.29, 0.717) is 26.1 Å². The number of hydrogen-bond acceptors (Lipinski definition) is 6. The maximum absolute atomic E-state index is 12.4. The van der Waals surface area contributed by atoms with Crippen LogP contribution in [0.2, 0.25) is 0 Å². The molecule has 22 heavy (non-hydrogen) atoms. The number of carbonyl (C=O) groups excluding carboxylic acids is 1. The lowest BCUT2D eigenvalue weighted by atomic mass is 10.00. The standard InChI is InChI=1S/C13H17N7O2/c21-13(2-4-19-9-14-8-16-19)18-3-1-12-11(6-18)20-10(7-22-12)5-15-17-20/h5,8-9,11-12H,1-4,6-7H2/t11-,12-/m0/s1. The van der Waals surface area contributed by atoms with E-state index in [4.69, 9.17) is 4.74 Å². The SMILES string of the molecule is O=C(CCn1cncn1)N1CC[C@@H]2OCc3cnnn3[C@H]2C1.